The van der Waals surface area contributed by atoms with Crippen LogP contribution in [0.15, 0.2) is 29.4 Å². The summed E-state index contributed by atoms with van der Waals surface area (Å²) in [6.07, 6.45) is 4.73. The molecular formula is C9H10N2. The van der Waals surface area contributed by atoms with Crippen molar-refractivity contribution in [2.24, 2.45) is 10.9 Å². The molecule has 1 aliphatic heterocycles. The molecule has 2 nitrogen and oxygen atoms in total. The van der Waals surface area contributed by atoms with Gasteiger partial charge in [0.15, 0.2) is 0 Å². The van der Waals surface area contributed by atoms with E-state index in [1.54, 1.807) is 0 Å². The van der Waals surface area contributed by atoms with Crippen LogP contribution in [0.1, 0.15) is 13.3 Å². The van der Waals surface area contributed by atoms with E-state index < -0.39 is 0 Å². The van der Waals surface area contributed by atoms with Crippen LogP contribution in [0.3, 0.4) is 0 Å². The van der Waals surface area contributed by atoms with Crippen LogP contribution in [0.5, 0.6) is 0 Å². The van der Waals surface area contributed by atoms with Crippen molar-refractivity contribution in [3.63, 3.8) is 0 Å². The fourth-order valence-corrected chi connectivity index (χ4v) is 0.957. The zero-order valence-corrected chi connectivity index (χ0v) is 6.54. The lowest BCUT2D eigenvalue weighted by Gasteiger charge is -2.01. The monoisotopic (exact) mass is 146 g/mol. The minimum absolute atomic E-state index is 0.232. The van der Waals surface area contributed by atoms with Crippen LogP contribution in [0.2, 0.25) is 0 Å². The topological polar surface area (TPSA) is 36.1 Å². The molecule has 0 bridgehead atoms. The molecule has 0 amide bonds. The Balaban J connectivity index is 2.94. The molecule has 1 heterocycles. The van der Waals surface area contributed by atoms with Crippen LogP contribution in [0.25, 0.3) is 0 Å². The van der Waals surface area contributed by atoms with E-state index in [2.05, 4.69) is 17.6 Å². The maximum Gasteiger partial charge on any atom is 0.121 e. The fourth-order valence-electron chi connectivity index (χ4n) is 0.957. The number of aliphatic imine (C=N–C) groups is 1. The first-order chi connectivity index (χ1) is 5.24. The summed E-state index contributed by atoms with van der Waals surface area (Å²) >= 11 is 0. The fraction of sp³-hybridized carbons (Fsp3) is 0.333. The van der Waals surface area contributed by atoms with E-state index in [9.17, 15) is 0 Å². The van der Waals surface area contributed by atoms with Gasteiger partial charge in [-0.05, 0) is 12.5 Å². The summed E-state index contributed by atoms with van der Waals surface area (Å²) < 4.78 is 0. The van der Waals surface area contributed by atoms with Crippen LogP contribution >= 0.6 is 0 Å². The van der Waals surface area contributed by atoms with Gasteiger partial charge in [-0.15, -0.1) is 0 Å². The number of allylic oxidation sites excluding steroid dienone is 2. The maximum absolute atomic E-state index is 8.65. The molecule has 11 heavy (non-hydrogen) atoms. The zero-order chi connectivity index (χ0) is 8.27. The van der Waals surface area contributed by atoms with Crippen molar-refractivity contribution in [2.75, 3.05) is 0 Å². The Morgan fingerprint density at radius 3 is 3.18 bits per heavy atom. The van der Waals surface area contributed by atoms with E-state index in [0.717, 1.165) is 6.42 Å². The Kier molecular flexibility index (Phi) is 2.22. The standard InChI is InChI=1S/C9H10N2/c1-7-4-3-5-8(2)11-9(7)6-10/h3,5,7H,2,4H2,1H3. The molecular weight excluding hydrogens is 136 g/mol. The SMILES string of the molecule is C=C1C=CCC(C)C(C#N)=N1. The van der Waals surface area contributed by atoms with Crippen LogP contribution in [-0.2, 0) is 0 Å². The highest BCUT2D eigenvalue weighted by atomic mass is 14.8. The molecule has 2 heteroatoms. The normalized spacial score (nSPS) is 23.8. The van der Waals surface area contributed by atoms with Crippen molar-refractivity contribution < 1.29 is 0 Å². The Labute approximate surface area is 66.6 Å². The molecule has 0 saturated heterocycles. The first-order valence-corrected chi connectivity index (χ1v) is 3.58. The number of rotatable bonds is 0. The predicted octanol–water partition coefficient (Wildman–Crippen LogP) is 2.06. The van der Waals surface area contributed by atoms with Crippen molar-refractivity contribution in [1.82, 2.24) is 0 Å². The molecule has 0 saturated carbocycles. The summed E-state index contributed by atoms with van der Waals surface area (Å²) in [7, 11) is 0. The lowest BCUT2D eigenvalue weighted by atomic mass is 10.0. The third kappa shape index (κ3) is 1.78. The second kappa shape index (κ2) is 3.16. The van der Waals surface area contributed by atoms with Crippen molar-refractivity contribution >= 4 is 5.71 Å². The molecule has 56 valence electrons. The number of hydrogen-bond acceptors (Lipinski definition) is 2. The average molecular weight is 146 g/mol. The molecule has 0 aromatic heterocycles. The van der Waals surface area contributed by atoms with Gasteiger partial charge < -0.3 is 0 Å². The van der Waals surface area contributed by atoms with Crippen LogP contribution in [0.4, 0.5) is 0 Å². The summed E-state index contributed by atoms with van der Waals surface area (Å²) in [6.45, 7) is 5.67. The molecule has 0 aliphatic carbocycles. The van der Waals surface area contributed by atoms with Gasteiger partial charge >= 0.3 is 0 Å². The summed E-state index contributed by atoms with van der Waals surface area (Å²) in [4.78, 5) is 4.05. The summed E-state index contributed by atoms with van der Waals surface area (Å²) in [5.41, 5.74) is 1.26. The molecule has 1 aliphatic rings. The van der Waals surface area contributed by atoms with Gasteiger partial charge in [0, 0.05) is 5.92 Å². The second-order valence-electron chi connectivity index (χ2n) is 2.64. The smallest absolute Gasteiger partial charge is 0.121 e. The average Bonchev–Trinajstić information content (AvgIpc) is 2.13. The molecule has 0 spiro atoms. The highest BCUT2D eigenvalue weighted by molar-refractivity contribution is 6.01. The van der Waals surface area contributed by atoms with Crippen LogP contribution in [-0.4, -0.2) is 5.71 Å². The summed E-state index contributed by atoms with van der Waals surface area (Å²) in [5.74, 6) is 0.232. The summed E-state index contributed by atoms with van der Waals surface area (Å²) in [5, 5.41) is 8.65. The minimum Gasteiger partial charge on any atom is -0.243 e. The van der Waals surface area contributed by atoms with Crippen molar-refractivity contribution in [3.8, 4) is 6.07 Å². The molecule has 0 aromatic rings. The second-order valence-corrected chi connectivity index (χ2v) is 2.64. The van der Waals surface area contributed by atoms with E-state index >= 15 is 0 Å². The Morgan fingerprint density at radius 2 is 2.55 bits per heavy atom. The van der Waals surface area contributed by atoms with Gasteiger partial charge in [-0.2, -0.15) is 5.26 Å². The van der Waals surface area contributed by atoms with Crippen molar-refractivity contribution in [3.05, 3.63) is 24.4 Å². The Bertz CT molecular complexity index is 266. The van der Waals surface area contributed by atoms with Gasteiger partial charge in [0.2, 0.25) is 0 Å². The first kappa shape index (κ1) is 7.74. The third-order valence-corrected chi connectivity index (χ3v) is 1.65. The Hall–Kier alpha value is -1.36. The molecule has 0 fully saturated rings. The van der Waals surface area contributed by atoms with Gasteiger partial charge in [-0.3, -0.25) is 0 Å². The number of nitriles is 1. The van der Waals surface area contributed by atoms with Gasteiger partial charge in [-0.25, -0.2) is 4.99 Å². The van der Waals surface area contributed by atoms with E-state index in [4.69, 9.17) is 5.26 Å². The molecule has 0 aromatic carbocycles. The van der Waals surface area contributed by atoms with Gasteiger partial charge in [0.05, 0.1) is 5.70 Å². The number of hydrogen-bond donors (Lipinski definition) is 0. The highest BCUT2D eigenvalue weighted by Crippen LogP contribution is 2.13. The predicted molar refractivity (Wildman–Crippen MR) is 45.1 cm³/mol. The Morgan fingerprint density at radius 1 is 1.82 bits per heavy atom. The lowest BCUT2D eigenvalue weighted by Crippen LogP contribution is -2.06. The first-order valence-electron chi connectivity index (χ1n) is 3.58. The minimum atomic E-state index is 0.232. The van der Waals surface area contributed by atoms with E-state index in [-0.39, 0.29) is 5.92 Å². The highest BCUT2D eigenvalue weighted by Gasteiger charge is 2.10. The van der Waals surface area contributed by atoms with Crippen molar-refractivity contribution in [2.45, 2.75) is 13.3 Å². The summed E-state index contributed by atoms with van der Waals surface area (Å²) in [6, 6.07) is 2.07. The lowest BCUT2D eigenvalue weighted by molar-refractivity contribution is 0.799. The van der Waals surface area contributed by atoms with E-state index in [1.807, 2.05) is 19.1 Å². The van der Waals surface area contributed by atoms with Crippen LogP contribution < -0.4 is 0 Å². The maximum atomic E-state index is 8.65. The largest absolute Gasteiger partial charge is 0.243 e. The van der Waals surface area contributed by atoms with Gasteiger partial charge in [0.1, 0.15) is 11.8 Å². The zero-order valence-electron chi connectivity index (χ0n) is 6.54. The van der Waals surface area contributed by atoms with Gasteiger partial charge in [0.25, 0.3) is 0 Å². The molecule has 1 rings (SSSR count). The molecule has 0 N–H and O–H groups in total. The van der Waals surface area contributed by atoms with E-state index in [0.29, 0.717) is 11.4 Å². The van der Waals surface area contributed by atoms with Gasteiger partial charge in [-0.1, -0.05) is 19.6 Å². The van der Waals surface area contributed by atoms with E-state index in [1.165, 1.54) is 0 Å². The molecule has 0 radical (unpaired) electrons. The van der Waals surface area contributed by atoms with Crippen molar-refractivity contribution in [1.29, 1.82) is 5.26 Å². The van der Waals surface area contributed by atoms with Crippen LogP contribution in [0, 0.1) is 17.2 Å². The molecule has 1 atom stereocenters. The quantitative estimate of drug-likeness (QED) is 0.515. The number of nitrogens with zero attached hydrogens (tertiary/aromatic N) is 2. The third-order valence-electron chi connectivity index (χ3n) is 1.65. The molecule has 1 unspecified atom stereocenters.